The molecule has 26 heavy (non-hydrogen) atoms. The summed E-state index contributed by atoms with van der Waals surface area (Å²) in [6.45, 7) is 2.12. The minimum atomic E-state index is -4.83. The van der Waals surface area contributed by atoms with Crippen molar-refractivity contribution < 1.29 is 31.6 Å². The molecule has 0 saturated carbocycles. The fraction of sp³-hybridized carbons (Fsp3) is 0.692. The number of urea groups is 1. The molecule has 2 atom stereocenters. The molecule has 0 unspecified atom stereocenters. The van der Waals surface area contributed by atoms with Crippen LogP contribution in [-0.2, 0) is 24.3 Å². The lowest BCUT2D eigenvalue weighted by Gasteiger charge is -2.38. The van der Waals surface area contributed by atoms with Crippen molar-refractivity contribution in [1.82, 2.24) is 20.2 Å². The second kappa shape index (κ2) is 6.48. The average molecular weight is 389 g/mol. The van der Waals surface area contributed by atoms with E-state index in [2.05, 4.69) is 9.60 Å². The lowest BCUT2D eigenvalue weighted by Crippen LogP contribution is -2.58. The first-order valence-corrected chi connectivity index (χ1v) is 9.35. The molecule has 2 bridgehead atoms. The van der Waals surface area contributed by atoms with E-state index >= 15 is 0 Å². The number of nitrogens with one attached hydrogen (secondary N) is 2. The first-order valence-electron chi connectivity index (χ1n) is 7.98. The van der Waals surface area contributed by atoms with Crippen molar-refractivity contribution in [3.63, 3.8) is 0 Å². The van der Waals surface area contributed by atoms with E-state index in [-0.39, 0.29) is 18.3 Å². The van der Waals surface area contributed by atoms with Gasteiger partial charge in [0.2, 0.25) is 11.8 Å². The average Bonchev–Trinajstić information content (AvgIpc) is 2.69. The summed E-state index contributed by atoms with van der Waals surface area (Å²) >= 11 is 0. The number of rotatable bonds is 4. The number of nitrogens with zero attached hydrogens (tertiary/aromatic N) is 3. The Bertz CT molecular complexity index is 763. The fourth-order valence-electron chi connectivity index (χ4n) is 3.35. The van der Waals surface area contributed by atoms with E-state index < -0.39 is 40.3 Å². The van der Waals surface area contributed by atoms with Gasteiger partial charge in [-0.1, -0.05) is 0 Å². The highest BCUT2D eigenvalue weighted by molar-refractivity contribution is 7.80. The van der Waals surface area contributed by atoms with Crippen LogP contribution in [0.15, 0.2) is 0 Å². The molecule has 0 aromatic rings. The zero-order valence-electron chi connectivity index (χ0n) is 13.9. The maximum Gasteiger partial charge on any atom is 0.418 e. The quantitative estimate of drug-likeness (QED) is 0.301. The third-order valence-electron chi connectivity index (χ3n) is 4.79. The van der Waals surface area contributed by atoms with Crippen molar-refractivity contribution in [3.8, 4) is 0 Å². The van der Waals surface area contributed by atoms with E-state index in [1.807, 2.05) is 0 Å². The van der Waals surface area contributed by atoms with Crippen LogP contribution in [-0.4, -0.2) is 83.2 Å². The van der Waals surface area contributed by atoms with Gasteiger partial charge in [-0.2, -0.15) is 13.5 Å². The topological polar surface area (TPSA) is 160 Å². The molecule has 3 rings (SSSR count). The van der Waals surface area contributed by atoms with Gasteiger partial charge in [0.15, 0.2) is 0 Å². The van der Waals surface area contributed by atoms with Crippen molar-refractivity contribution in [2.24, 2.45) is 5.92 Å². The number of hydrogen-bond donors (Lipinski definition) is 3. The Labute approximate surface area is 149 Å². The van der Waals surface area contributed by atoms with Crippen molar-refractivity contribution in [1.29, 1.82) is 5.41 Å². The second-order valence-corrected chi connectivity index (χ2v) is 7.54. The number of amidine groups is 1. The molecule has 0 spiro atoms. The van der Waals surface area contributed by atoms with E-state index in [1.165, 1.54) is 16.7 Å². The second-order valence-electron chi connectivity index (χ2n) is 6.53. The molecule has 0 radical (unpaired) electrons. The number of hydroxylamine groups is 2. The van der Waals surface area contributed by atoms with Crippen LogP contribution in [0.25, 0.3) is 0 Å². The molecular weight excluding hydrogens is 370 g/mol. The largest absolute Gasteiger partial charge is 0.418 e. The Hall–Kier alpha value is -2.25. The zero-order chi connectivity index (χ0) is 19.2. The molecule has 3 aliphatic heterocycles. The summed E-state index contributed by atoms with van der Waals surface area (Å²) in [6.07, 6.45) is 0.688. The number of piperidine rings is 1. The number of hydrogen-bond acceptors (Lipinski definition) is 7. The molecule has 144 valence electrons. The Morgan fingerprint density at radius 2 is 1.92 bits per heavy atom. The first kappa shape index (κ1) is 18.5. The lowest BCUT2D eigenvalue weighted by molar-refractivity contribution is -0.140. The van der Waals surface area contributed by atoms with Gasteiger partial charge in [-0.3, -0.25) is 19.6 Å². The molecule has 3 aliphatic rings. The molecular formula is C13H19N5O7S. The lowest BCUT2D eigenvalue weighted by atomic mass is 9.97. The molecule has 3 saturated heterocycles. The van der Waals surface area contributed by atoms with Gasteiger partial charge in [0.25, 0.3) is 0 Å². The summed E-state index contributed by atoms with van der Waals surface area (Å²) in [5.41, 5.74) is 0. The zero-order valence-corrected chi connectivity index (χ0v) is 14.7. The third kappa shape index (κ3) is 3.50. The van der Waals surface area contributed by atoms with E-state index in [0.29, 0.717) is 31.0 Å². The smallest absolute Gasteiger partial charge is 0.341 e. The Morgan fingerprint density at radius 1 is 1.27 bits per heavy atom. The highest BCUT2D eigenvalue weighted by atomic mass is 32.3. The first-order chi connectivity index (χ1) is 12.1. The summed E-state index contributed by atoms with van der Waals surface area (Å²) in [6, 6.07) is -2.07. The standard InChI is InChI=1S/C13H19N5O7S/c1-7(19)16-4-8(5-16)12(20)15-11(14)10-3-2-9-6-17(10)13(21)18(9)25-26(22,23)24/h8-10H,2-6H2,1H3,(H2,14,15,20)(H,22,23,24)/t9-,10+/m1/s1. The fourth-order valence-corrected chi connectivity index (χ4v) is 3.74. The maximum absolute atomic E-state index is 12.3. The van der Waals surface area contributed by atoms with Crippen molar-refractivity contribution >= 4 is 34.1 Å². The van der Waals surface area contributed by atoms with E-state index in [9.17, 15) is 22.8 Å². The molecule has 4 amide bonds. The van der Waals surface area contributed by atoms with Gasteiger partial charge < -0.3 is 15.1 Å². The summed E-state index contributed by atoms with van der Waals surface area (Å²) in [5.74, 6) is -1.09. The van der Waals surface area contributed by atoms with Gasteiger partial charge in [-0.05, 0) is 12.8 Å². The van der Waals surface area contributed by atoms with E-state index in [4.69, 9.17) is 9.96 Å². The Kier molecular flexibility index (Phi) is 4.62. The van der Waals surface area contributed by atoms with Crippen LogP contribution >= 0.6 is 0 Å². The van der Waals surface area contributed by atoms with Crippen molar-refractivity contribution in [3.05, 3.63) is 0 Å². The van der Waals surface area contributed by atoms with E-state index in [1.54, 1.807) is 0 Å². The number of likely N-dealkylation sites (tertiary alicyclic amines) is 1. The van der Waals surface area contributed by atoms with Crippen LogP contribution in [0.2, 0.25) is 0 Å². The minimum absolute atomic E-state index is 0.121. The molecule has 13 heteroatoms. The Balaban J connectivity index is 1.59. The van der Waals surface area contributed by atoms with Crippen LogP contribution in [0, 0.1) is 11.3 Å². The summed E-state index contributed by atoms with van der Waals surface area (Å²) < 4.78 is 34.8. The summed E-state index contributed by atoms with van der Waals surface area (Å²) in [5, 5.41) is 11.1. The number of amides is 4. The highest BCUT2D eigenvalue weighted by Gasteiger charge is 2.49. The van der Waals surface area contributed by atoms with Crippen molar-refractivity contribution in [2.45, 2.75) is 31.8 Å². The van der Waals surface area contributed by atoms with Crippen LogP contribution in [0.3, 0.4) is 0 Å². The van der Waals surface area contributed by atoms with Gasteiger partial charge in [0.05, 0.1) is 18.0 Å². The van der Waals surface area contributed by atoms with Gasteiger partial charge in [0.1, 0.15) is 5.84 Å². The molecule has 0 aromatic heterocycles. The molecule has 3 N–H and O–H groups in total. The monoisotopic (exact) mass is 389 g/mol. The molecule has 3 heterocycles. The van der Waals surface area contributed by atoms with Crippen molar-refractivity contribution in [2.75, 3.05) is 19.6 Å². The predicted octanol–water partition coefficient (Wildman–Crippen LogP) is -1.44. The predicted molar refractivity (Wildman–Crippen MR) is 85.0 cm³/mol. The maximum atomic E-state index is 12.3. The molecule has 3 fully saturated rings. The van der Waals surface area contributed by atoms with Crippen LogP contribution in [0.5, 0.6) is 0 Å². The third-order valence-corrected chi connectivity index (χ3v) is 5.14. The normalized spacial score (nSPS) is 25.9. The minimum Gasteiger partial charge on any atom is -0.341 e. The van der Waals surface area contributed by atoms with Gasteiger partial charge >= 0.3 is 16.4 Å². The number of carbonyl (C=O) groups excluding carboxylic acids is 3. The van der Waals surface area contributed by atoms with Gasteiger partial charge in [-0.15, -0.1) is 4.28 Å². The summed E-state index contributed by atoms with van der Waals surface area (Å²) in [7, 11) is -4.83. The van der Waals surface area contributed by atoms with Crippen LogP contribution < -0.4 is 5.32 Å². The summed E-state index contributed by atoms with van der Waals surface area (Å²) in [4.78, 5) is 38.3. The number of carbonyl (C=O) groups is 3. The van der Waals surface area contributed by atoms with Crippen LogP contribution in [0.4, 0.5) is 4.79 Å². The molecule has 0 aromatic carbocycles. The molecule has 12 nitrogen and oxygen atoms in total. The van der Waals surface area contributed by atoms with Crippen LogP contribution in [0.1, 0.15) is 19.8 Å². The molecule has 0 aliphatic carbocycles. The Morgan fingerprint density at radius 3 is 2.50 bits per heavy atom. The van der Waals surface area contributed by atoms with E-state index in [0.717, 1.165) is 0 Å². The SMILES string of the molecule is CC(=O)N1CC(C(=O)NC(=N)[C@@H]2CC[C@@H]3CN2C(=O)N3OS(=O)(=O)O)C1. The highest BCUT2D eigenvalue weighted by Crippen LogP contribution is 2.30. The van der Waals surface area contributed by atoms with Gasteiger partial charge in [-0.25, -0.2) is 4.79 Å². The van der Waals surface area contributed by atoms with Gasteiger partial charge in [0, 0.05) is 26.6 Å². The number of fused-ring (bicyclic) bond motifs is 2.